The van der Waals surface area contributed by atoms with Crippen molar-refractivity contribution < 1.29 is 13.9 Å². The zero-order valence-corrected chi connectivity index (χ0v) is 38.8. The molecule has 4 aliphatic rings. The van der Waals surface area contributed by atoms with Crippen LogP contribution in [0.5, 0.6) is 23.0 Å². The van der Waals surface area contributed by atoms with Gasteiger partial charge in [-0.2, -0.15) is 0 Å². The lowest BCUT2D eigenvalue weighted by molar-refractivity contribution is 0.436. The van der Waals surface area contributed by atoms with Crippen molar-refractivity contribution in [2.24, 2.45) is 0 Å². The van der Waals surface area contributed by atoms with E-state index < -0.39 is 10.8 Å². The van der Waals surface area contributed by atoms with Crippen molar-refractivity contribution in [1.29, 1.82) is 0 Å². The molecule has 0 saturated carbocycles. The Balaban J connectivity index is 0.994. The number of para-hydroxylation sites is 6. The Bertz CT molecular complexity index is 3970. The summed E-state index contributed by atoms with van der Waals surface area (Å²) >= 11 is 0. The van der Waals surface area contributed by atoms with Gasteiger partial charge >= 0.3 is 0 Å². The highest BCUT2D eigenvalue weighted by molar-refractivity contribution is 6.10. The SMILES string of the molecule is c1ccc2c(c1)Oc1ccccc1C21c2ccccc2-c2c(N(c3ccc(-c4cccc5c4oc4ccccc45)cc3)c3cccc4c3-c3ccccc3C43c4ccccc4Oc4ccccc43)cccc21. The van der Waals surface area contributed by atoms with Crippen LogP contribution in [0.1, 0.15) is 44.5 Å². The van der Waals surface area contributed by atoms with Gasteiger partial charge in [0.05, 0.1) is 22.2 Å². The lowest BCUT2D eigenvalue weighted by atomic mass is 9.66. The van der Waals surface area contributed by atoms with Gasteiger partial charge in [-0.15, -0.1) is 0 Å². The van der Waals surface area contributed by atoms with Gasteiger partial charge in [0.15, 0.2) is 0 Å². The van der Waals surface area contributed by atoms with Crippen molar-refractivity contribution in [3.8, 4) is 56.4 Å². The minimum absolute atomic E-state index is 0.640. The van der Waals surface area contributed by atoms with Crippen LogP contribution in [-0.2, 0) is 10.8 Å². The summed E-state index contributed by atoms with van der Waals surface area (Å²) in [6.45, 7) is 0. The predicted octanol–water partition coefficient (Wildman–Crippen LogP) is 17.7. The molecule has 0 N–H and O–H groups in total. The molecule has 2 spiro atoms. The van der Waals surface area contributed by atoms with Crippen LogP contribution in [0.4, 0.5) is 17.1 Å². The number of hydrogen-bond acceptors (Lipinski definition) is 4. The molecule has 12 aromatic rings. The van der Waals surface area contributed by atoms with E-state index in [2.05, 4.69) is 248 Å². The average molecular weight is 920 g/mol. The molecule has 16 rings (SSSR count). The van der Waals surface area contributed by atoms with E-state index in [0.29, 0.717) is 0 Å². The van der Waals surface area contributed by atoms with E-state index in [1.165, 1.54) is 44.5 Å². The summed E-state index contributed by atoms with van der Waals surface area (Å²) in [5, 5.41) is 2.23. The van der Waals surface area contributed by atoms with Gasteiger partial charge in [0.1, 0.15) is 34.2 Å². The Labute approximate surface area is 416 Å². The summed E-state index contributed by atoms with van der Waals surface area (Å²) in [6, 6.07) is 90.2. The third-order valence-corrected chi connectivity index (χ3v) is 16.0. The van der Waals surface area contributed by atoms with Gasteiger partial charge in [0.2, 0.25) is 0 Å². The Hall–Kier alpha value is -9.38. The van der Waals surface area contributed by atoms with Crippen LogP contribution in [0.15, 0.2) is 253 Å². The summed E-state index contributed by atoms with van der Waals surface area (Å²) < 4.78 is 20.1. The number of furan rings is 1. The molecule has 4 nitrogen and oxygen atoms in total. The Kier molecular flexibility index (Phi) is 7.99. The first-order valence-electron chi connectivity index (χ1n) is 24.7. The third kappa shape index (κ3) is 5.00. The fourth-order valence-corrected chi connectivity index (χ4v) is 13.3. The molecule has 0 bridgehead atoms. The molecule has 0 fully saturated rings. The molecule has 4 heteroatoms. The first kappa shape index (κ1) is 39.5. The highest BCUT2D eigenvalue weighted by atomic mass is 16.5. The highest BCUT2D eigenvalue weighted by Gasteiger charge is 2.54. The van der Waals surface area contributed by atoms with Crippen molar-refractivity contribution in [3.05, 3.63) is 293 Å². The molecular formula is C68H41NO3. The third-order valence-electron chi connectivity index (χ3n) is 16.0. The fourth-order valence-electron chi connectivity index (χ4n) is 13.3. The van der Waals surface area contributed by atoms with E-state index in [0.717, 1.165) is 95.4 Å². The maximum atomic E-state index is 6.76. The number of nitrogens with zero attached hydrogens (tertiary/aromatic N) is 1. The number of fused-ring (bicyclic) bond motifs is 21. The quantitative estimate of drug-likeness (QED) is 0.176. The largest absolute Gasteiger partial charge is 0.457 e. The maximum Gasteiger partial charge on any atom is 0.143 e. The minimum atomic E-state index is -0.640. The molecule has 2 aliphatic carbocycles. The second-order valence-corrected chi connectivity index (χ2v) is 19.3. The summed E-state index contributed by atoms with van der Waals surface area (Å²) in [4.78, 5) is 2.53. The summed E-state index contributed by atoms with van der Waals surface area (Å²) in [5.74, 6) is 3.49. The minimum Gasteiger partial charge on any atom is -0.457 e. The molecular weight excluding hydrogens is 879 g/mol. The lowest BCUT2D eigenvalue weighted by Gasteiger charge is -2.40. The second kappa shape index (κ2) is 14.6. The first-order valence-corrected chi connectivity index (χ1v) is 24.7. The fraction of sp³-hybridized carbons (Fsp3) is 0.0294. The molecule has 0 saturated heterocycles. The molecule has 0 amide bonds. The van der Waals surface area contributed by atoms with Gasteiger partial charge in [0.25, 0.3) is 0 Å². The highest BCUT2D eigenvalue weighted by Crippen LogP contribution is 2.67. The van der Waals surface area contributed by atoms with Crippen molar-refractivity contribution in [2.75, 3.05) is 4.90 Å². The lowest BCUT2D eigenvalue weighted by Crippen LogP contribution is -2.32. The summed E-state index contributed by atoms with van der Waals surface area (Å²) in [5.41, 5.74) is 20.1. The standard InChI is InChI=1S/C68H41NO3/c1-4-23-49-47(19-1)64-55(67(49)51-25-6-11-34-60(51)70-61-35-12-7-26-52(61)67)29-16-31-57(64)69(43-40-38-42(39-41-43)44-21-15-22-46-45-18-3-10-33-59(45)72-66(44)46)58-32-17-30-56-65(58)48-20-2-5-24-50(48)68(56)53-27-8-13-36-62(53)71-63-37-14-9-28-54(63)68/h1-41H. The number of benzene rings is 11. The predicted molar refractivity (Wildman–Crippen MR) is 289 cm³/mol. The van der Waals surface area contributed by atoms with E-state index in [-0.39, 0.29) is 0 Å². The van der Waals surface area contributed by atoms with Gasteiger partial charge < -0.3 is 18.8 Å². The van der Waals surface area contributed by atoms with Gasteiger partial charge in [0, 0.05) is 55.4 Å². The van der Waals surface area contributed by atoms with Gasteiger partial charge in [-0.05, 0) is 93.5 Å². The molecule has 11 aromatic carbocycles. The van der Waals surface area contributed by atoms with E-state index in [9.17, 15) is 0 Å². The zero-order valence-electron chi connectivity index (χ0n) is 38.8. The summed E-state index contributed by atoms with van der Waals surface area (Å²) in [6.07, 6.45) is 0. The molecule has 0 atom stereocenters. The van der Waals surface area contributed by atoms with Crippen LogP contribution in [0.25, 0.3) is 55.3 Å². The van der Waals surface area contributed by atoms with Crippen LogP contribution in [-0.4, -0.2) is 0 Å². The summed E-state index contributed by atoms with van der Waals surface area (Å²) in [7, 11) is 0. The van der Waals surface area contributed by atoms with E-state index in [4.69, 9.17) is 13.9 Å². The number of rotatable bonds is 4. The maximum absolute atomic E-state index is 6.76. The van der Waals surface area contributed by atoms with Crippen molar-refractivity contribution in [1.82, 2.24) is 0 Å². The molecule has 0 radical (unpaired) electrons. The number of anilines is 3. The first-order chi connectivity index (χ1) is 35.7. The zero-order chi connectivity index (χ0) is 47.1. The molecule has 2 aliphatic heterocycles. The van der Waals surface area contributed by atoms with Gasteiger partial charge in [-0.3, -0.25) is 0 Å². The monoisotopic (exact) mass is 919 g/mol. The molecule has 72 heavy (non-hydrogen) atoms. The normalized spacial score (nSPS) is 14.3. The van der Waals surface area contributed by atoms with E-state index in [1.54, 1.807) is 0 Å². The topological polar surface area (TPSA) is 34.8 Å². The smallest absolute Gasteiger partial charge is 0.143 e. The molecule has 336 valence electrons. The molecule has 1 aromatic heterocycles. The van der Waals surface area contributed by atoms with E-state index in [1.807, 2.05) is 6.07 Å². The van der Waals surface area contributed by atoms with Gasteiger partial charge in [-0.1, -0.05) is 194 Å². The van der Waals surface area contributed by atoms with Crippen molar-refractivity contribution >= 4 is 39.0 Å². The Morgan fingerprint density at radius 2 is 0.681 bits per heavy atom. The van der Waals surface area contributed by atoms with Crippen LogP contribution in [0.3, 0.4) is 0 Å². The van der Waals surface area contributed by atoms with Gasteiger partial charge in [-0.25, -0.2) is 0 Å². The second-order valence-electron chi connectivity index (χ2n) is 19.3. The van der Waals surface area contributed by atoms with E-state index >= 15 is 0 Å². The van der Waals surface area contributed by atoms with Crippen molar-refractivity contribution in [2.45, 2.75) is 10.8 Å². The van der Waals surface area contributed by atoms with Crippen LogP contribution >= 0.6 is 0 Å². The number of ether oxygens (including phenoxy) is 2. The molecule has 0 unspecified atom stereocenters. The van der Waals surface area contributed by atoms with Crippen LogP contribution in [0, 0.1) is 0 Å². The van der Waals surface area contributed by atoms with Crippen LogP contribution < -0.4 is 14.4 Å². The van der Waals surface area contributed by atoms with Crippen LogP contribution in [0.2, 0.25) is 0 Å². The number of hydrogen-bond donors (Lipinski definition) is 0. The van der Waals surface area contributed by atoms with Crippen molar-refractivity contribution in [3.63, 3.8) is 0 Å². The Morgan fingerprint density at radius 3 is 1.19 bits per heavy atom. The molecule has 3 heterocycles. The Morgan fingerprint density at radius 1 is 0.292 bits per heavy atom. The average Bonchev–Trinajstić information content (AvgIpc) is 4.08.